The van der Waals surface area contributed by atoms with Crippen LogP contribution in [0.15, 0.2) is 79.1 Å². The van der Waals surface area contributed by atoms with Crippen molar-refractivity contribution in [1.29, 1.82) is 0 Å². The van der Waals surface area contributed by atoms with Gasteiger partial charge in [0.25, 0.3) is 0 Å². The van der Waals surface area contributed by atoms with E-state index in [1.165, 1.54) is 5.56 Å². The van der Waals surface area contributed by atoms with E-state index in [2.05, 4.69) is 23.2 Å². The van der Waals surface area contributed by atoms with Gasteiger partial charge in [0, 0.05) is 12.1 Å². The monoisotopic (exact) mass is 331 g/mol. The molecule has 126 valence electrons. The van der Waals surface area contributed by atoms with E-state index in [-0.39, 0.29) is 0 Å². The van der Waals surface area contributed by atoms with Crippen molar-refractivity contribution in [3.05, 3.63) is 90.3 Å². The van der Waals surface area contributed by atoms with Crippen LogP contribution in [0.2, 0.25) is 0 Å². The molecule has 1 aromatic heterocycles. The summed E-state index contributed by atoms with van der Waals surface area (Å²) in [5.74, 6) is 2.85. The Hall–Kier alpha value is -2.81. The minimum Gasteiger partial charge on any atom is -0.493 e. The fraction of sp³-hybridized carbons (Fsp3) is 0.227. The fourth-order valence-corrected chi connectivity index (χ4v) is 3.02. The summed E-state index contributed by atoms with van der Waals surface area (Å²) in [6.07, 6.45) is 4.88. The van der Waals surface area contributed by atoms with Crippen molar-refractivity contribution in [1.82, 2.24) is 4.98 Å². The quantitative estimate of drug-likeness (QED) is 0.620. The molecule has 0 aliphatic heterocycles. The van der Waals surface area contributed by atoms with Crippen LogP contribution in [0.25, 0.3) is 0 Å². The number of benzene rings is 2. The van der Waals surface area contributed by atoms with Crippen LogP contribution in [0.3, 0.4) is 0 Å². The van der Waals surface area contributed by atoms with Crippen molar-refractivity contribution >= 4 is 0 Å². The molecule has 3 nitrogen and oxygen atoms in total. The molecule has 2 aromatic carbocycles. The Labute approximate surface area is 148 Å². The average molecular weight is 331 g/mol. The zero-order valence-electron chi connectivity index (χ0n) is 14.0. The second-order valence-electron chi connectivity index (χ2n) is 6.45. The van der Waals surface area contributed by atoms with E-state index in [1.807, 2.05) is 54.7 Å². The molecule has 3 heteroatoms. The summed E-state index contributed by atoms with van der Waals surface area (Å²) >= 11 is 0. The van der Waals surface area contributed by atoms with Crippen LogP contribution in [0.4, 0.5) is 0 Å². The van der Waals surface area contributed by atoms with Crippen LogP contribution >= 0.6 is 0 Å². The topological polar surface area (TPSA) is 31.4 Å². The van der Waals surface area contributed by atoms with E-state index in [4.69, 9.17) is 9.47 Å². The molecule has 0 radical (unpaired) electrons. The lowest BCUT2D eigenvalue weighted by Crippen LogP contribution is -2.01. The van der Waals surface area contributed by atoms with E-state index in [0.717, 1.165) is 30.1 Å². The summed E-state index contributed by atoms with van der Waals surface area (Å²) in [4.78, 5) is 4.35. The number of hydrogen-bond donors (Lipinski definition) is 0. The highest BCUT2D eigenvalue weighted by Crippen LogP contribution is 2.47. The second-order valence-corrected chi connectivity index (χ2v) is 6.45. The fourth-order valence-electron chi connectivity index (χ4n) is 3.02. The first-order valence-electron chi connectivity index (χ1n) is 8.68. The predicted molar refractivity (Wildman–Crippen MR) is 97.8 cm³/mol. The number of rotatable bonds is 7. The Kier molecular flexibility index (Phi) is 4.64. The van der Waals surface area contributed by atoms with Crippen LogP contribution in [-0.2, 0) is 6.61 Å². The number of hydrogen-bond acceptors (Lipinski definition) is 3. The van der Waals surface area contributed by atoms with E-state index < -0.39 is 0 Å². The van der Waals surface area contributed by atoms with Gasteiger partial charge in [-0.2, -0.15) is 0 Å². The maximum atomic E-state index is 5.88. The third-order valence-corrected chi connectivity index (χ3v) is 4.54. The summed E-state index contributed by atoms with van der Waals surface area (Å²) in [5.41, 5.74) is 2.40. The Morgan fingerprint density at radius 2 is 1.60 bits per heavy atom. The van der Waals surface area contributed by atoms with Gasteiger partial charge in [0.15, 0.2) is 0 Å². The zero-order valence-corrected chi connectivity index (χ0v) is 14.0. The van der Waals surface area contributed by atoms with Crippen LogP contribution in [0.5, 0.6) is 11.5 Å². The van der Waals surface area contributed by atoms with Crippen molar-refractivity contribution in [2.24, 2.45) is 5.92 Å². The highest BCUT2D eigenvalue weighted by molar-refractivity contribution is 5.31. The second kappa shape index (κ2) is 7.39. The summed E-state index contributed by atoms with van der Waals surface area (Å²) < 4.78 is 11.7. The standard InChI is InChI=1S/C22H21NO2/c1-3-7-17(8-4-1)15-24-21-11-18(13-23-14-21)22-12-19(22)16-25-20-9-5-2-6-10-20/h1-11,13-14,19,22H,12,15-16H2/t19-,22-/m1/s1. The molecular weight excluding hydrogens is 310 g/mol. The van der Waals surface area contributed by atoms with E-state index in [0.29, 0.717) is 18.4 Å². The van der Waals surface area contributed by atoms with Crippen LogP contribution < -0.4 is 9.47 Å². The maximum absolute atomic E-state index is 5.88. The molecule has 1 fully saturated rings. The summed E-state index contributed by atoms with van der Waals surface area (Å²) in [6.45, 7) is 1.32. The molecule has 0 spiro atoms. The third-order valence-electron chi connectivity index (χ3n) is 4.54. The Bertz CT molecular complexity index is 805. The molecule has 0 amide bonds. The van der Waals surface area contributed by atoms with Crippen molar-refractivity contribution in [2.75, 3.05) is 6.61 Å². The Morgan fingerprint density at radius 3 is 2.40 bits per heavy atom. The molecule has 1 saturated carbocycles. The first-order chi connectivity index (χ1) is 12.4. The van der Waals surface area contributed by atoms with Crippen molar-refractivity contribution in [3.8, 4) is 11.5 Å². The van der Waals surface area contributed by atoms with Crippen molar-refractivity contribution in [3.63, 3.8) is 0 Å². The van der Waals surface area contributed by atoms with Crippen LogP contribution in [0.1, 0.15) is 23.5 Å². The first-order valence-corrected chi connectivity index (χ1v) is 8.68. The van der Waals surface area contributed by atoms with E-state index >= 15 is 0 Å². The van der Waals surface area contributed by atoms with Crippen molar-refractivity contribution in [2.45, 2.75) is 18.9 Å². The number of pyridine rings is 1. The molecular formula is C22H21NO2. The maximum Gasteiger partial charge on any atom is 0.138 e. The summed E-state index contributed by atoms with van der Waals surface area (Å²) in [6, 6.07) is 22.3. The van der Waals surface area contributed by atoms with Gasteiger partial charge in [-0.15, -0.1) is 0 Å². The number of nitrogens with zero attached hydrogens (tertiary/aromatic N) is 1. The lowest BCUT2D eigenvalue weighted by Gasteiger charge is -2.08. The summed E-state index contributed by atoms with van der Waals surface area (Å²) in [7, 11) is 0. The highest BCUT2D eigenvalue weighted by atomic mass is 16.5. The van der Waals surface area contributed by atoms with Gasteiger partial charge in [0.2, 0.25) is 0 Å². The highest BCUT2D eigenvalue weighted by Gasteiger charge is 2.39. The lowest BCUT2D eigenvalue weighted by atomic mass is 10.1. The molecule has 0 N–H and O–H groups in total. The smallest absolute Gasteiger partial charge is 0.138 e. The van der Waals surface area contributed by atoms with Crippen LogP contribution in [-0.4, -0.2) is 11.6 Å². The number of ether oxygens (including phenoxy) is 2. The molecule has 3 aromatic rings. The van der Waals surface area contributed by atoms with Gasteiger partial charge < -0.3 is 9.47 Å². The molecule has 25 heavy (non-hydrogen) atoms. The molecule has 2 atom stereocenters. The van der Waals surface area contributed by atoms with Gasteiger partial charge in [-0.3, -0.25) is 4.98 Å². The lowest BCUT2D eigenvalue weighted by molar-refractivity contribution is 0.296. The van der Waals surface area contributed by atoms with Crippen LogP contribution in [0, 0.1) is 5.92 Å². The van der Waals surface area contributed by atoms with Gasteiger partial charge in [0.05, 0.1) is 12.8 Å². The van der Waals surface area contributed by atoms with Gasteiger partial charge in [-0.1, -0.05) is 48.5 Å². The predicted octanol–water partition coefficient (Wildman–Crippen LogP) is 4.84. The third kappa shape index (κ3) is 4.18. The van der Waals surface area contributed by atoms with E-state index in [9.17, 15) is 0 Å². The molecule has 0 saturated heterocycles. The minimum absolute atomic E-state index is 0.525. The minimum atomic E-state index is 0.525. The largest absolute Gasteiger partial charge is 0.493 e. The molecule has 4 rings (SSSR count). The number of aromatic nitrogens is 1. The Balaban J connectivity index is 1.31. The van der Waals surface area contributed by atoms with Gasteiger partial charge in [0.1, 0.15) is 18.1 Å². The van der Waals surface area contributed by atoms with Crippen molar-refractivity contribution < 1.29 is 9.47 Å². The average Bonchev–Trinajstić information content (AvgIpc) is 3.46. The zero-order chi connectivity index (χ0) is 16.9. The first kappa shape index (κ1) is 15.7. The van der Waals surface area contributed by atoms with Gasteiger partial charge >= 0.3 is 0 Å². The van der Waals surface area contributed by atoms with Gasteiger partial charge in [-0.25, -0.2) is 0 Å². The molecule has 1 heterocycles. The SMILES string of the molecule is c1ccc(COc2cncc([C@H]3C[C@@H]3COc3ccccc3)c2)cc1. The number of para-hydroxylation sites is 1. The normalized spacial score (nSPS) is 18.6. The van der Waals surface area contributed by atoms with E-state index in [1.54, 1.807) is 6.20 Å². The molecule has 1 aliphatic carbocycles. The molecule has 0 bridgehead atoms. The molecule has 0 unspecified atom stereocenters. The molecule has 1 aliphatic rings. The van der Waals surface area contributed by atoms with Gasteiger partial charge in [-0.05, 0) is 41.7 Å². The Morgan fingerprint density at radius 1 is 0.840 bits per heavy atom. The summed E-state index contributed by atoms with van der Waals surface area (Å²) in [5, 5.41) is 0.